The maximum Gasteiger partial charge on any atom is 0.472 e. The molecule has 8 nitrogen and oxygen atoms in total. The number of phosphoric ester groups is 1. The first-order chi connectivity index (χ1) is 33.0. The van der Waals surface area contributed by atoms with E-state index in [0.717, 1.165) is 38.5 Å². The summed E-state index contributed by atoms with van der Waals surface area (Å²) >= 11 is 0. The van der Waals surface area contributed by atoms with Gasteiger partial charge >= 0.3 is 7.82 Å². The molecule has 0 aromatic heterocycles. The number of likely N-dealkylation sites (N-methyl/N-ethyl adjacent to an activating group) is 1. The lowest BCUT2D eigenvalue weighted by atomic mass is 10.0. The zero-order valence-electron chi connectivity index (χ0n) is 45.9. The minimum atomic E-state index is -4.35. The zero-order valence-corrected chi connectivity index (χ0v) is 46.8. The summed E-state index contributed by atoms with van der Waals surface area (Å²) in [5, 5.41) is 13.9. The predicted octanol–water partition coefficient (Wildman–Crippen LogP) is 17.8. The number of carbonyl (C=O) groups excluding carboxylic acids is 1. The second-order valence-corrected chi connectivity index (χ2v) is 22.8. The Morgan fingerprint density at radius 2 is 0.809 bits per heavy atom. The third-order valence-electron chi connectivity index (χ3n) is 13.3. The number of hydrogen-bond donors (Lipinski definition) is 3. The average molecular weight is 981 g/mol. The van der Waals surface area contributed by atoms with Crippen LogP contribution in [-0.4, -0.2) is 73.4 Å². The lowest BCUT2D eigenvalue weighted by Crippen LogP contribution is -2.45. The monoisotopic (exact) mass is 980 g/mol. The minimum absolute atomic E-state index is 0.0573. The molecule has 68 heavy (non-hydrogen) atoms. The van der Waals surface area contributed by atoms with Gasteiger partial charge in [0, 0.05) is 6.42 Å². The highest BCUT2D eigenvalue weighted by Gasteiger charge is 2.27. The fraction of sp³-hybridized carbons (Fsp3) is 0.881. The van der Waals surface area contributed by atoms with Crippen molar-refractivity contribution in [3.63, 3.8) is 0 Å². The van der Waals surface area contributed by atoms with Crippen molar-refractivity contribution in [1.29, 1.82) is 0 Å². The Balaban J connectivity index is 4.00. The Morgan fingerprint density at radius 3 is 1.18 bits per heavy atom. The molecule has 3 unspecified atom stereocenters. The number of phosphoric acid groups is 1. The van der Waals surface area contributed by atoms with E-state index >= 15 is 0 Å². The quantitative estimate of drug-likeness (QED) is 0.0243. The van der Waals surface area contributed by atoms with Crippen molar-refractivity contribution in [2.75, 3.05) is 40.9 Å². The first-order valence-corrected chi connectivity index (χ1v) is 30.9. The van der Waals surface area contributed by atoms with E-state index < -0.39 is 20.0 Å². The van der Waals surface area contributed by atoms with E-state index in [4.69, 9.17) is 9.05 Å². The molecule has 0 aliphatic heterocycles. The molecule has 0 rings (SSSR count). The van der Waals surface area contributed by atoms with Crippen molar-refractivity contribution in [3.8, 4) is 0 Å². The van der Waals surface area contributed by atoms with Gasteiger partial charge in [-0.05, 0) is 57.8 Å². The highest BCUT2D eigenvalue weighted by Crippen LogP contribution is 2.43. The molecule has 0 bridgehead atoms. The first kappa shape index (κ1) is 66.7. The number of nitrogens with one attached hydrogen (secondary N) is 1. The lowest BCUT2D eigenvalue weighted by Gasteiger charge is -2.25. The molecule has 0 saturated carbocycles. The summed E-state index contributed by atoms with van der Waals surface area (Å²) in [5.41, 5.74) is 0. The lowest BCUT2D eigenvalue weighted by molar-refractivity contribution is -0.870. The van der Waals surface area contributed by atoms with Crippen LogP contribution in [0.15, 0.2) is 36.5 Å². The Bertz CT molecular complexity index is 1200. The van der Waals surface area contributed by atoms with E-state index in [2.05, 4.69) is 43.5 Å². The molecule has 1 amide bonds. The second-order valence-electron chi connectivity index (χ2n) is 21.4. The molecule has 0 aromatic rings. The number of quaternary nitrogens is 1. The van der Waals surface area contributed by atoms with Crippen LogP contribution in [0, 0.1) is 0 Å². The topological polar surface area (TPSA) is 105 Å². The van der Waals surface area contributed by atoms with E-state index in [1.807, 2.05) is 27.2 Å². The third kappa shape index (κ3) is 52.5. The van der Waals surface area contributed by atoms with Gasteiger partial charge in [-0.25, -0.2) is 4.57 Å². The Kier molecular flexibility index (Phi) is 49.7. The molecule has 0 fully saturated rings. The molecule has 0 aliphatic carbocycles. The molecular weight excluding hydrogens is 864 g/mol. The van der Waals surface area contributed by atoms with E-state index in [0.29, 0.717) is 17.4 Å². The number of nitrogens with zero attached hydrogens (tertiary/aromatic N) is 1. The number of hydrogen-bond acceptors (Lipinski definition) is 5. The van der Waals surface area contributed by atoms with Crippen molar-refractivity contribution in [3.05, 3.63) is 36.5 Å². The summed E-state index contributed by atoms with van der Waals surface area (Å²) < 4.78 is 23.6. The molecule has 0 spiro atoms. The van der Waals surface area contributed by atoms with Crippen LogP contribution < -0.4 is 5.32 Å². The van der Waals surface area contributed by atoms with Crippen LogP contribution in [0.5, 0.6) is 0 Å². The molecule has 0 heterocycles. The number of carbonyl (C=O) groups is 1. The number of aliphatic hydroxyl groups is 1. The van der Waals surface area contributed by atoms with Gasteiger partial charge in [0.2, 0.25) is 5.91 Å². The molecule has 9 heteroatoms. The predicted molar refractivity (Wildman–Crippen MR) is 295 cm³/mol. The fourth-order valence-electron chi connectivity index (χ4n) is 8.70. The van der Waals surface area contributed by atoms with Gasteiger partial charge < -0.3 is 19.8 Å². The normalized spacial score (nSPS) is 14.2. The minimum Gasteiger partial charge on any atom is -0.387 e. The van der Waals surface area contributed by atoms with Crippen LogP contribution in [0.25, 0.3) is 0 Å². The van der Waals surface area contributed by atoms with Gasteiger partial charge in [-0.2, -0.15) is 0 Å². The van der Waals surface area contributed by atoms with Gasteiger partial charge in [-0.1, -0.05) is 256 Å². The largest absolute Gasteiger partial charge is 0.472 e. The number of aliphatic hydroxyl groups excluding tert-OH is 1. The van der Waals surface area contributed by atoms with Crippen LogP contribution in [0.4, 0.5) is 0 Å². The van der Waals surface area contributed by atoms with Gasteiger partial charge in [-0.15, -0.1) is 0 Å². The fourth-order valence-corrected chi connectivity index (χ4v) is 9.44. The van der Waals surface area contributed by atoms with Crippen LogP contribution in [-0.2, 0) is 18.4 Å². The number of rotatable bonds is 54. The Morgan fingerprint density at radius 1 is 0.485 bits per heavy atom. The molecule has 0 aromatic carbocycles. The maximum atomic E-state index is 12.9. The van der Waals surface area contributed by atoms with E-state index in [1.165, 1.54) is 225 Å². The van der Waals surface area contributed by atoms with Crippen LogP contribution in [0.1, 0.15) is 284 Å². The summed E-state index contributed by atoms with van der Waals surface area (Å²) in [6.07, 6.45) is 65.6. The Hall–Kier alpha value is -1.28. The second kappa shape index (κ2) is 50.7. The molecule has 0 saturated heterocycles. The first-order valence-electron chi connectivity index (χ1n) is 29.4. The number of unbranched alkanes of at least 4 members (excludes halogenated alkanes) is 37. The third-order valence-corrected chi connectivity index (χ3v) is 14.3. The summed E-state index contributed by atoms with van der Waals surface area (Å²) in [5.74, 6) is -0.184. The molecular formula is C59H116N2O6P+. The van der Waals surface area contributed by atoms with Crippen molar-refractivity contribution in [2.45, 2.75) is 296 Å². The smallest absolute Gasteiger partial charge is 0.387 e. The van der Waals surface area contributed by atoms with Gasteiger partial charge in [-0.3, -0.25) is 13.8 Å². The standard InChI is InChI=1S/C59H115N2O6P/c1-6-8-10-12-14-16-18-20-21-22-23-24-25-26-27-28-29-30-31-32-33-34-35-36-37-38-39-41-43-45-47-49-51-53-59(63)60-57(56-67-68(64,65)66-55-54-61(3,4)5)58(62)52-50-48-46-44-42-40-19-17-15-13-11-9-7-2/h26-27,42,44,50,52,57-58,62H,6-25,28-41,43,45-49,51,53-56H2,1-5H3,(H-,60,63,64,65)/p+1/b27-26-,44-42+,52-50+. The van der Waals surface area contributed by atoms with E-state index in [9.17, 15) is 19.4 Å². The summed E-state index contributed by atoms with van der Waals surface area (Å²) in [4.78, 5) is 23.2. The number of amides is 1. The highest BCUT2D eigenvalue weighted by molar-refractivity contribution is 7.47. The van der Waals surface area contributed by atoms with Gasteiger partial charge in [0.25, 0.3) is 0 Å². The molecule has 0 radical (unpaired) electrons. The van der Waals surface area contributed by atoms with Crippen LogP contribution in [0.2, 0.25) is 0 Å². The Labute approximate surface area is 423 Å². The van der Waals surface area contributed by atoms with E-state index in [-0.39, 0.29) is 19.1 Å². The SMILES string of the molecule is CCCCCCCCC/C=C/CC/C=C/C(O)C(COP(=O)(O)OCC[N+](C)(C)C)NC(=O)CCCCCCCCCCCCCCCCCCC/C=C\CCCCCCCCCCCCCC. The van der Waals surface area contributed by atoms with Crippen molar-refractivity contribution in [2.24, 2.45) is 0 Å². The number of allylic oxidation sites excluding steroid dienone is 5. The van der Waals surface area contributed by atoms with E-state index in [1.54, 1.807) is 6.08 Å². The molecule has 3 atom stereocenters. The molecule has 0 aliphatic rings. The molecule has 402 valence electrons. The van der Waals surface area contributed by atoms with Gasteiger partial charge in [0.1, 0.15) is 13.2 Å². The van der Waals surface area contributed by atoms with Gasteiger partial charge in [0.05, 0.1) is 39.9 Å². The molecule has 3 N–H and O–H groups in total. The summed E-state index contributed by atoms with van der Waals surface area (Å²) in [6, 6.07) is -0.861. The van der Waals surface area contributed by atoms with Crippen molar-refractivity contribution >= 4 is 13.7 Å². The average Bonchev–Trinajstić information content (AvgIpc) is 3.30. The summed E-state index contributed by atoms with van der Waals surface area (Å²) in [7, 11) is 1.56. The highest BCUT2D eigenvalue weighted by atomic mass is 31.2. The van der Waals surface area contributed by atoms with Gasteiger partial charge in [0.15, 0.2) is 0 Å². The van der Waals surface area contributed by atoms with Crippen molar-refractivity contribution < 1.29 is 32.9 Å². The van der Waals surface area contributed by atoms with Crippen molar-refractivity contribution in [1.82, 2.24) is 5.32 Å². The maximum absolute atomic E-state index is 12.9. The zero-order chi connectivity index (χ0) is 49.9. The summed E-state index contributed by atoms with van der Waals surface area (Å²) in [6.45, 7) is 4.81. The van der Waals surface area contributed by atoms with Crippen LogP contribution >= 0.6 is 7.82 Å². The van der Waals surface area contributed by atoms with Crippen LogP contribution in [0.3, 0.4) is 0 Å².